The van der Waals surface area contributed by atoms with Gasteiger partial charge in [0.15, 0.2) is 5.96 Å². The third-order valence-electron chi connectivity index (χ3n) is 1.82. The number of hydrogen-bond acceptors (Lipinski definition) is 1. The highest BCUT2D eigenvalue weighted by Gasteiger charge is 2.11. The topological polar surface area (TPSA) is 91.5 Å². The molecule has 0 amide bonds. The monoisotopic (exact) mass is 243 g/mol. The smallest absolute Gasteiger partial charge is 0.225 e. The van der Waals surface area contributed by atoms with Crippen molar-refractivity contribution in [2.24, 2.45) is 16.5 Å². The molecule has 0 heterocycles. The van der Waals surface area contributed by atoms with Crippen LogP contribution in [0.1, 0.15) is 0 Å². The van der Waals surface area contributed by atoms with E-state index in [1.54, 1.807) is 0 Å². The van der Waals surface area contributed by atoms with Crippen LogP contribution in [0.5, 0.6) is 0 Å². The van der Waals surface area contributed by atoms with Crippen LogP contribution in [0.15, 0.2) is 23.2 Å². The van der Waals surface area contributed by atoms with Gasteiger partial charge in [0.1, 0.15) is 5.82 Å². The number of anilines is 1. The minimum absolute atomic E-state index is 0.166. The second kappa shape index (κ2) is 4.80. The number of benzene rings is 1. The number of aliphatic imine (C=N–C) groups is 1. The largest absolute Gasteiger partial charge is 0.370 e. The van der Waals surface area contributed by atoms with Crippen molar-refractivity contribution >= 4 is 29.2 Å². The normalized spacial score (nSPS) is 9.69. The lowest BCUT2D eigenvalue weighted by Gasteiger charge is -2.17. The lowest BCUT2D eigenvalue weighted by molar-refractivity contribution is 0.628. The van der Waals surface area contributed by atoms with Crippen molar-refractivity contribution in [2.75, 3.05) is 11.9 Å². The summed E-state index contributed by atoms with van der Waals surface area (Å²) in [7, 11) is 1.47. The Morgan fingerprint density at radius 3 is 2.62 bits per heavy atom. The molecule has 0 saturated carbocycles. The molecule has 0 fully saturated rings. The lowest BCUT2D eigenvalue weighted by Crippen LogP contribution is -2.30. The number of nitrogens with two attached hydrogens (primary N) is 2. The van der Waals surface area contributed by atoms with E-state index in [0.29, 0.717) is 0 Å². The van der Waals surface area contributed by atoms with E-state index >= 15 is 0 Å². The highest BCUT2D eigenvalue weighted by atomic mass is 35.5. The average molecular weight is 244 g/mol. The Kier molecular flexibility index (Phi) is 3.68. The highest BCUT2D eigenvalue weighted by Crippen LogP contribution is 2.22. The number of nitrogens with zero attached hydrogens (tertiary/aromatic N) is 2. The highest BCUT2D eigenvalue weighted by molar-refractivity contribution is 6.30. The molecule has 0 aromatic heterocycles. The van der Waals surface area contributed by atoms with Crippen LogP contribution in [0.4, 0.5) is 10.1 Å². The van der Waals surface area contributed by atoms with Crippen LogP contribution < -0.4 is 16.4 Å². The summed E-state index contributed by atoms with van der Waals surface area (Å²) < 4.78 is 13.5. The van der Waals surface area contributed by atoms with E-state index in [0.717, 1.165) is 6.07 Å². The third-order valence-corrected chi connectivity index (χ3v) is 2.06. The maximum absolute atomic E-state index is 13.5. The maximum atomic E-state index is 13.5. The molecule has 0 radical (unpaired) electrons. The average Bonchev–Trinajstić information content (AvgIpc) is 2.15. The molecular weight excluding hydrogens is 233 g/mol. The first-order chi connectivity index (χ1) is 7.41. The van der Waals surface area contributed by atoms with E-state index in [1.165, 1.54) is 24.1 Å². The van der Waals surface area contributed by atoms with E-state index in [1.807, 2.05) is 0 Å². The van der Waals surface area contributed by atoms with Crippen molar-refractivity contribution in [1.29, 1.82) is 5.41 Å². The summed E-state index contributed by atoms with van der Waals surface area (Å²) in [5.41, 5.74) is 10.4. The summed E-state index contributed by atoms with van der Waals surface area (Å²) in [6, 6.07) is 4.10. The molecule has 1 aromatic rings. The summed E-state index contributed by atoms with van der Waals surface area (Å²) in [6.45, 7) is 0. The Balaban J connectivity index is 3.01. The van der Waals surface area contributed by atoms with E-state index in [9.17, 15) is 4.39 Å². The molecule has 86 valence electrons. The van der Waals surface area contributed by atoms with Gasteiger partial charge in [-0.15, -0.1) is 0 Å². The van der Waals surface area contributed by atoms with Gasteiger partial charge in [-0.2, -0.15) is 4.99 Å². The Hall–Kier alpha value is -1.82. The Labute approximate surface area is 97.0 Å². The predicted molar refractivity (Wildman–Crippen MR) is 63.3 cm³/mol. The zero-order valence-electron chi connectivity index (χ0n) is 8.54. The molecule has 0 aliphatic carbocycles. The molecule has 0 unspecified atom stereocenters. The Bertz CT molecular complexity index is 442. The zero-order chi connectivity index (χ0) is 12.3. The van der Waals surface area contributed by atoms with Gasteiger partial charge in [0.2, 0.25) is 5.96 Å². The van der Waals surface area contributed by atoms with Crippen LogP contribution in [0.25, 0.3) is 0 Å². The number of hydrogen-bond donors (Lipinski definition) is 3. The molecule has 5 N–H and O–H groups in total. The standard InChI is InChI=1S/C9H11ClFN5/c1-16(9(14)15-8(12)13)7-3-2-5(10)4-6(7)11/h2-4H,1H3,(H5,12,13,14,15). The van der Waals surface area contributed by atoms with Crippen LogP contribution in [-0.4, -0.2) is 19.0 Å². The minimum atomic E-state index is -0.550. The molecule has 0 aliphatic rings. The first kappa shape index (κ1) is 12.3. The van der Waals surface area contributed by atoms with Crippen LogP contribution in [0, 0.1) is 11.2 Å². The minimum Gasteiger partial charge on any atom is -0.370 e. The first-order valence-electron chi connectivity index (χ1n) is 4.28. The van der Waals surface area contributed by atoms with Crippen LogP contribution in [0.3, 0.4) is 0 Å². The fourth-order valence-electron chi connectivity index (χ4n) is 1.06. The number of nitrogens with one attached hydrogen (secondary N) is 1. The quantitative estimate of drug-likeness (QED) is 0.510. The van der Waals surface area contributed by atoms with Gasteiger partial charge in [0, 0.05) is 12.1 Å². The molecule has 5 nitrogen and oxygen atoms in total. The van der Waals surface area contributed by atoms with E-state index in [2.05, 4.69) is 4.99 Å². The molecule has 0 bridgehead atoms. The summed E-state index contributed by atoms with van der Waals surface area (Å²) in [6.07, 6.45) is 0. The fraction of sp³-hybridized carbons (Fsp3) is 0.111. The first-order valence-corrected chi connectivity index (χ1v) is 4.66. The molecule has 0 spiro atoms. The van der Waals surface area contributed by atoms with Crippen molar-refractivity contribution in [1.82, 2.24) is 0 Å². The fourth-order valence-corrected chi connectivity index (χ4v) is 1.22. The number of rotatable bonds is 1. The molecule has 0 atom stereocenters. The summed E-state index contributed by atoms with van der Waals surface area (Å²) in [4.78, 5) is 4.70. The van der Waals surface area contributed by atoms with Gasteiger partial charge in [0.25, 0.3) is 0 Å². The molecular formula is C9H11ClFN5. The van der Waals surface area contributed by atoms with Gasteiger partial charge in [-0.1, -0.05) is 11.6 Å². The van der Waals surface area contributed by atoms with E-state index in [4.69, 9.17) is 28.5 Å². The number of guanidine groups is 2. The van der Waals surface area contributed by atoms with Gasteiger partial charge >= 0.3 is 0 Å². The van der Waals surface area contributed by atoms with Crippen molar-refractivity contribution < 1.29 is 4.39 Å². The lowest BCUT2D eigenvalue weighted by atomic mass is 10.3. The molecule has 1 rings (SSSR count). The summed E-state index contributed by atoms with van der Waals surface area (Å²) >= 11 is 5.61. The van der Waals surface area contributed by atoms with Gasteiger partial charge < -0.3 is 16.4 Å². The van der Waals surface area contributed by atoms with Crippen LogP contribution >= 0.6 is 11.6 Å². The molecule has 1 aromatic carbocycles. The molecule has 16 heavy (non-hydrogen) atoms. The van der Waals surface area contributed by atoms with Gasteiger partial charge in [-0.05, 0) is 18.2 Å². The summed E-state index contributed by atoms with van der Waals surface area (Å²) in [5.74, 6) is -1.07. The van der Waals surface area contributed by atoms with Gasteiger partial charge in [-0.3, -0.25) is 5.41 Å². The zero-order valence-corrected chi connectivity index (χ0v) is 9.29. The molecule has 0 aliphatic heterocycles. The SMILES string of the molecule is CN(C(=N)N=C(N)N)c1ccc(Cl)cc1F. The second-order valence-electron chi connectivity index (χ2n) is 3.02. The van der Waals surface area contributed by atoms with E-state index < -0.39 is 5.82 Å². The van der Waals surface area contributed by atoms with E-state index in [-0.39, 0.29) is 22.6 Å². The summed E-state index contributed by atoms with van der Waals surface area (Å²) in [5, 5.41) is 7.77. The van der Waals surface area contributed by atoms with Gasteiger partial charge in [0.05, 0.1) is 5.69 Å². The molecule has 0 saturated heterocycles. The maximum Gasteiger partial charge on any atom is 0.225 e. The predicted octanol–water partition coefficient (Wildman–Crippen LogP) is 1.12. The number of halogens is 2. The Morgan fingerprint density at radius 2 is 2.12 bits per heavy atom. The van der Waals surface area contributed by atoms with Crippen molar-refractivity contribution in [2.45, 2.75) is 0 Å². The second-order valence-corrected chi connectivity index (χ2v) is 3.45. The van der Waals surface area contributed by atoms with Crippen LogP contribution in [-0.2, 0) is 0 Å². The van der Waals surface area contributed by atoms with Crippen LogP contribution in [0.2, 0.25) is 5.02 Å². The molecule has 7 heteroatoms. The van der Waals surface area contributed by atoms with Crippen molar-refractivity contribution in [3.63, 3.8) is 0 Å². The third kappa shape index (κ3) is 2.83. The van der Waals surface area contributed by atoms with Crippen molar-refractivity contribution in [3.05, 3.63) is 29.0 Å². The van der Waals surface area contributed by atoms with Gasteiger partial charge in [-0.25, -0.2) is 4.39 Å². The van der Waals surface area contributed by atoms with Crippen molar-refractivity contribution in [3.8, 4) is 0 Å². The Morgan fingerprint density at radius 1 is 1.50 bits per heavy atom.